The number of pyridine rings is 1. The molecule has 1 saturated heterocycles. The van der Waals surface area contributed by atoms with Crippen molar-refractivity contribution >= 4 is 28.4 Å². The zero-order valence-electron chi connectivity index (χ0n) is 21.2. The highest BCUT2D eigenvalue weighted by atomic mass is 16.5. The number of amides is 1. The third kappa shape index (κ3) is 4.80. The smallest absolute Gasteiger partial charge is 0.272 e. The third-order valence-electron chi connectivity index (χ3n) is 7.29. The number of hydrogen-bond acceptors (Lipinski definition) is 8. The SMILES string of the molecule is COc1cc(Nc2nc(C(=O)N3CCN(C4CCCCC4)CC3)cc3occc23)cc(OC)c1OC. The van der Waals surface area contributed by atoms with E-state index in [1.54, 1.807) is 45.8 Å². The molecule has 5 rings (SSSR count). The minimum absolute atomic E-state index is 0.0791. The lowest BCUT2D eigenvalue weighted by molar-refractivity contribution is 0.0518. The highest BCUT2D eigenvalue weighted by Crippen LogP contribution is 2.41. The van der Waals surface area contributed by atoms with Gasteiger partial charge in [-0.3, -0.25) is 9.69 Å². The van der Waals surface area contributed by atoms with Crippen LogP contribution < -0.4 is 19.5 Å². The Morgan fingerprint density at radius 3 is 2.31 bits per heavy atom. The van der Waals surface area contributed by atoms with Crippen LogP contribution in [-0.2, 0) is 0 Å². The fourth-order valence-corrected chi connectivity index (χ4v) is 5.36. The lowest BCUT2D eigenvalue weighted by Crippen LogP contribution is -2.52. The van der Waals surface area contributed by atoms with Crippen molar-refractivity contribution in [2.24, 2.45) is 0 Å². The molecular formula is C27H34N4O5. The van der Waals surface area contributed by atoms with E-state index in [2.05, 4.69) is 10.2 Å². The number of carbonyl (C=O) groups is 1. The number of carbonyl (C=O) groups excluding carboxylic acids is 1. The topological polar surface area (TPSA) is 89.3 Å². The summed E-state index contributed by atoms with van der Waals surface area (Å²) in [7, 11) is 4.70. The number of benzene rings is 1. The van der Waals surface area contributed by atoms with Gasteiger partial charge < -0.3 is 28.8 Å². The monoisotopic (exact) mass is 494 g/mol. The first-order valence-electron chi connectivity index (χ1n) is 12.6. The fraction of sp³-hybridized carbons (Fsp3) is 0.481. The van der Waals surface area contributed by atoms with Crippen LogP contribution in [0.3, 0.4) is 0 Å². The number of anilines is 2. The summed E-state index contributed by atoms with van der Waals surface area (Å²) in [5, 5.41) is 4.10. The molecule has 1 N–H and O–H groups in total. The van der Waals surface area contributed by atoms with Gasteiger partial charge in [-0.2, -0.15) is 0 Å². The molecule has 1 aliphatic heterocycles. The van der Waals surface area contributed by atoms with Crippen LogP contribution in [-0.4, -0.2) is 74.2 Å². The summed E-state index contributed by atoms with van der Waals surface area (Å²) >= 11 is 0. The van der Waals surface area contributed by atoms with Crippen molar-refractivity contribution in [2.75, 3.05) is 52.8 Å². The van der Waals surface area contributed by atoms with E-state index in [0.29, 0.717) is 59.2 Å². The summed E-state index contributed by atoms with van der Waals surface area (Å²) < 4.78 is 22.0. The van der Waals surface area contributed by atoms with Crippen molar-refractivity contribution in [3.63, 3.8) is 0 Å². The van der Waals surface area contributed by atoms with Crippen molar-refractivity contribution in [1.82, 2.24) is 14.8 Å². The third-order valence-corrected chi connectivity index (χ3v) is 7.29. The molecule has 3 aromatic rings. The molecule has 2 aromatic heterocycles. The Morgan fingerprint density at radius 1 is 0.972 bits per heavy atom. The van der Waals surface area contributed by atoms with Gasteiger partial charge >= 0.3 is 0 Å². The van der Waals surface area contributed by atoms with Gasteiger partial charge in [0.25, 0.3) is 5.91 Å². The van der Waals surface area contributed by atoms with E-state index in [9.17, 15) is 4.79 Å². The molecule has 0 radical (unpaired) electrons. The molecule has 1 aliphatic carbocycles. The molecule has 3 heterocycles. The van der Waals surface area contributed by atoms with Crippen molar-refractivity contribution in [3.8, 4) is 17.2 Å². The first-order chi connectivity index (χ1) is 17.6. The summed E-state index contributed by atoms with van der Waals surface area (Å²) in [5.74, 6) is 1.99. The number of methoxy groups -OCH3 is 3. The zero-order chi connectivity index (χ0) is 25.1. The number of aromatic nitrogens is 1. The summed E-state index contributed by atoms with van der Waals surface area (Å²) in [6.07, 6.45) is 8.14. The standard InChI is InChI=1S/C27H34N4O5/c1-33-23-15-18(16-24(34-2)25(23)35-3)28-26-20-9-14-36-22(20)17-21(29-26)27(32)31-12-10-30(11-13-31)19-7-5-4-6-8-19/h9,14-17,19H,4-8,10-13H2,1-3H3,(H,28,29). The molecule has 0 bridgehead atoms. The van der Waals surface area contributed by atoms with E-state index < -0.39 is 0 Å². The fourth-order valence-electron chi connectivity index (χ4n) is 5.36. The second kappa shape index (κ2) is 10.7. The molecule has 2 fully saturated rings. The number of rotatable bonds is 7. The molecular weight excluding hydrogens is 460 g/mol. The van der Waals surface area contributed by atoms with Crippen molar-refractivity contribution in [1.29, 1.82) is 0 Å². The van der Waals surface area contributed by atoms with Gasteiger partial charge in [0.15, 0.2) is 11.5 Å². The first-order valence-corrected chi connectivity index (χ1v) is 12.6. The highest BCUT2D eigenvalue weighted by Gasteiger charge is 2.28. The average molecular weight is 495 g/mol. The summed E-state index contributed by atoms with van der Waals surface area (Å²) in [6.45, 7) is 3.25. The maximum Gasteiger partial charge on any atom is 0.272 e. The molecule has 0 spiro atoms. The van der Waals surface area contributed by atoms with Gasteiger partial charge in [0.2, 0.25) is 5.75 Å². The second-order valence-electron chi connectivity index (χ2n) is 9.35. The van der Waals surface area contributed by atoms with E-state index in [-0.39, 0.29) is 5.91 Å². The van der Waals surface area contributed by atoms with E-state index in [1.807, 2.05) is 11.0 Å². The zero-order valence-corrected chi connectivity index (χ0v) is 21.2. The van der Waals surface area contributed by atoms with Crippen LogP contribution in [0.5, 0.6) is 17.2 Å². The number of furan rings is 1. The quantitative estimate of drug-likeness (QED) is 0.506. The van der Waals surface area contributed by atoms with Crippen LogP contribution in [0.2, 0.25) is 0 Å². The van der Waals surface area contributed by atoms with Gasteiger partial charge in [0, 0.05) is 56.1 Å². The van der Waals surface area contributed by atoms with E-state index >= 15 is 0 Å². The number of nitrogens with one attached hydrogen (secondary N) is 1. The summed E-state index contributed by atoms with van der Waals surface area (Å²) in [6, 6.07) is 7.83. The van der Waals surface area contributed by atoms with Crippen LogP contribution >= 0.6 is 0 Å². The van der Waals surface area contributed by atoms with E-state index in [4.69, 9.17) is 23.6 Å². The van der Waals surface area contributed by atoms with Crippen molar-refractivity contribution in [3.05, 3.63) is 36.2 Å². The van der Waals surface area contributed by atoms with Crippen molar-refractivity contribution in [2.45, 2.75) is 38.1 Å². The molecule has 36 heavy (non-hydrogen) atoms. The Balaban J connectivity index is 1.37. The van der Waals surface area contributed by atoms with Gasteiger partial charge in [0.05, 0.1) is 33.0 Å². The van der Waals surface area contributed by atoms with Crippen LogP contribution in [0.15, 0.2) is 34.9 Å². The van der Waals surface area contributed by atoms with Gasteiger partial charge in [0.1, 0.15) is 17.1 Å². The second-order valence-corrected chi connectivity index (χ2v) is 9.35. The van der Waals surface area contributed by atoms with Gasteiger partial charge in [-0.25, -0.2) is 4.98 Å². The lowest BCUT2D eigenvalue weighted by Gasteiger charge is -2.40. The Bertz CT molecular complexity index is 1190. The number of fused-ring (bicyclic) bond motifs is 1. The first kappa shape index (κ1) is 24.2. The van der Waals surface area contributed by atoms with Crippen molar-refractivity contribution < 1.29 is 23.4 Å². The predicted octanol–water partition coefficient (Wildman–Crippen LogP) is 4.69. The Hall–Kier alpha value is -3.46. The molecule has 1 saturated carbocycles. The largest absolute Gasteiger partial charge is 0.493 e. The van der Waals surface area contributed by atoms with Gasteiger partial charge in [-0.05, 0) is 18.9 Å². The summed E-state index contributed by atoms with van der Waals surface area (Å²) in [4.78, 5) is 22.6. The molecule has 9 nitrogen and oxygen atoms in total. The highest BCUT2D eigenvalue weighted by molar-refractivity contribution is 5.99. The van der Waals surface area contributed by atoms with Gasteiger partial charge in [-0.15, -0.1) is 0 Å². The Morgan fingerprint density at radius 2 is 1.67 bits per heavy atom. The molecule has 9 heteroatoms. The van der Waals surface area contributed by atoms with Crippen LogP contribution in [0, 0.1) is 0 Å². The Kier molecular flexibility index (Phi) is 7.18. The normalized spacial score (nSPS) is 17.2. The molecule has 2 aliphatic rings. The Labute approximate surface area is 211 Å². The minimum Gasteiger partial charge on any atom is -0.493 e. The maximum absolute atomic E-state index is 13.5. The molecule has 1 aromatic carbocycles. The van der Waals surface area contributed by atoms with Gasteiger partial charge in [-0.1, -0.05) is 19.3 Å². The predicted molar refractivity (Wildman–Crippen MR) is 138 cm³/mol. The maximum atomic E-state index is 13.5. The molecule has 0 atom stereocenters. The number of ether oxygens (including phenoxy) is 3. The molecule has 1 amide bonds. The van der Waals surface area contributed by atoms with E-state index in [0.717, 1.165) is 18.5 Å². The van der Waals surface area contributed by atoms with Crippen LogP contribution in [0.4, 0.5) is 11.5 Å². The molecule has 0 unspecified atom stereocenters. The number of nitrogens with zero attached hydrogens (tertiary/aromatic N) is 3. The lowest BCUT2D eigenvalue weighted by atomic mass is 9.94. The van der Waals surface area contributed by atoms with Crippen LogP contribution in [0.25, 0.3) is 11.0 Å². The minimum atomic E-state index is -0.0791. The molecule has 192 valence electrons. The van der Waals surface area contributed by atoms with Crippen LogP contribution in [0.1, 0.15) is 42.6 Å². The van der Waals surface area contributed by atoms with E-state index in [1.165, 1.54) is 32.1 Å². The average Bonchev–Trinajstić information content (AvgIpc) is 3.42. The number of hydrogen-bond donors (Lipinski definition) is 1. The number of piperazine rings is 1. The summed E-state index contributed by atoms with van der Waals surface area (Å²) in [5.41, 5.74) is 1.65.